The van der Waals surface area contributed by atoms with E-state index in [2.05, 4.69) is 262 Å². The lowest BCUT2D eigenvalue weighted by Crippen LogP contribution is -2.60. The SMILES string of the molecule is CC(C)(C)c1ccc2c(c1)C1(C)CCCCC1(C)N2c1cc2c3c(c1)N1c4cc5c(cc4-c4c6c(cc7sc(c1c47)B3c1c(sc3cc4c(cc13)C(C)(C)CCC4(C)C)N2c1ccc2c(c1)C(C)(C)CCC2(C)C)C(C)(C)CCC6(C)C)C(C)(C)CCC5(C)C. The van der Waals surface area contributed by atoms with Gasteiger partial charge in [-0.1, -0.05) is 170 Å². The summed E-state index contributed by atoms with van der Waals surface area (Å²) >= 11 is 4.26. The van der Waals surface area contributed by atoms with Crippen molar-refractivity contribution < 1.29 is 0 Å². The maximum atomic E-state index is 2.94. The van der Waals surface area contributed by atoms with E-state index in [1.165, 1.54) is 174 Å². The second-order valence-corrected chi connectivity index (χ2v) is 39.5. The third kappa shape index (κ3) is 7.42. The van der Waals surface area contributed by atoms with E-state index in [1.54, 1.807) is 44.5 Å². The van der Waals surface area contributed by atoms with Crippen molar-refractivity contribution in [3.63, 3.8) is 0 Å². The van der Waals surface area contributed by atoms with Crippen LogP contribution in [-0.4, -0.2) is 12.3 Å². The minimum atomic E-state index is -0.152. The van der Waals surface area contributed by atoms with Gasteiger partial charge in [-0.15, -0.1) is 22.7 Å². The Labute approximate surface area is 548 Å². The first-order valence-corrected chi connectivity index (χ1v) is 36.9. The highest BCUT2D eigenvalue weighted by atomic mass is 32.1. The van der Waals surface area contributed by atoms with Crippen molar-refractivity contribution in [2.24, 2.45) is 0 Å². The molecule has 6 aromatic carbocycles. The lowest BCUT2D eigenvalue weighted by molar-refractivity contribution is 0.195. The topological polar surface area (TPSA) is 9.72 Å². The first-order chi connectivity index (χ1) is 41.9. The fraction of sp³-hybridized carbons (Fsp3) is 0.524. The molecule has 2 unspecified atom stereocenters. The summed E-state index contributed by atoms with van der Waals surface area (Å²) in [6.45, 7) is 53.3. The largest absolute Gasteiger partial charge is 0.334 e. The smallest absolute Gasteiger partial charge is 0.266 e. The Hall–Kier alpha value is -5.30. The van der Waals surface area contributed by atoms with E-state index < -0.39 is 0 Å². The van der Waals surface area contributed by atoms with Crippen molar-refractivity contribution in [2.45, 2.75) is 282 Å². The number of rotatable bonds is 2. The van der Waals surface area contributed by atoms with E-state index in [1.807, 2.05) is 0 Å². The number of fused-ring (bicyclic) bond motifs is 17. The molecule has 8 aromatic rings. The monoisotopic (exact) mass is 1230 g/mol. The van der Waals surface area contributed by atoms with Gasteiger partial charge in [-0.25, -0.2) is 0 Å². The zero-order valence-electron chi connectivity index (χ0n) is 58.7. The molecule has 0 N–H and O–H groups in total. The molecular formula is C84H100BN3S2. The van der Waals surface area contributed by atoms with Crippen molar-refractivity contribution in [2.75, 3.05) is 14.7 Å². The first kappa shape index (κ1) is 58.5. The predicted octanol–water partition coefficient (Wildman–Crippen LogP) is 22.6. The number of hydrogen-bond acceptors (Lipinski definition) is 5. The zero-order chi connectivity index (χ0) is 63.5. The average Bonchev–Trinajstić information content (AvgIpc) is 1.39. The van der Waals surface area contributed by atoms with Crippen LogP contribution in [0.1, 0.15) is 278 Å². The molecule has 1 fully saturated rings. The number of anilines is 8. The predicted molar refractivity (Wildman–Crippen MR) is 393 cm³/mol. The third-order valence-corrected chi connectivity index (χ3v) is 29.5. The molecule has 6 heterocycles. The Morgan fingerprint density at radius 1 is 0.411 bits per heavy atom. The van der Waals surface area contributed by atoms with Gasteiger partial charge < -0.3 is 14.7 Å². The molecule has 1 saturated carbocycles. The van der Waals surface area contributed by atoms with Crippen molar-refractivity contribution in [1.82, 2.24) is 0 Å². The molecule has 0 bridgehead atoms. The summed E-state index contributed by atoms with van der Waals surface area (Å²) < 4.78 is 4.45. The van der Waals surface area contributed by atoms with Crippen LogP contribution in [0.25, 0.3) is 31.3 Å². The van der Waals surface area contributed by atoms with Crippen LogP contribution in [0.15, 0.2) is 78.9 Å². The minimum absolute atomic E-state index is 0.00126. The van der Waals surface area contributed by atoms with Gasteiger partial charge in [0.15, 0.2) is 0 Å². The van der Waals surface area contributed by atoms with Gasteiger partial charge >= 0.3 is 0 Å². The highest BCUT2D eigenvalue weighted by molar-refractivity contribution is 7.35. The quantitative estimate of drug-likeness (QED) is 0.160. The Morgan fingerprint density at radius 2 is 0.944 bits per heavy atom. The minimum Gasteiger partial charge on any atom is -0.334 e. The van der Waals surface area contributed by atoms with Crippen LogP contribution in [-0.2, 0) is 54.1 Å². The molecule has 2 aromatic heterocycles. The molecule has 5 aliphatic carbocycles. The van der Waals surface area contributed by atoms with Crippen molar-refractivity contribution in [1.29, 1.82) is 0 Å². The lowest BCUT2D eigenvalue weighted by Gasteiger charge is -2.51. The highest BCUT2D eigenvalue weighted by Gasteiger charge is 2.60. The molecular weight excluding hydrogens is 1130 g/mol. The number of benzene rings is 6. The summed E-state index contributed by atoms with van der Waals surface area (Å²) in [4.78, 5) is 8.74. The van der Waals surface area contributed by atoms with E-state index in [4.69, 9.17) is 0 Å². The molecule has 0 spiro atoms. The second-order valence-electron chi connectivity index (χ2n) is 37.4. The van der Waals surface area contributed by atoms with Crippen LogP contribution in [0.5, 0.6) is 0 Å². The first-order valence-electron chi connectivity index (χ1n) is 35.2. The Bertz CT molecular complexity index is 4560. The van der Waals surface area contributed by atoms with Crippen LogP contribution >= 0.6 is 22.7 Å². The highest BCUT2D eigenvalue weighted by Crippen LogP contribution is 2.67. The molecule has 0 saturated heterocycles. The van der Waals surface area contributed by atoms with Gasteiger partial charge in [0.2, 0.25) is 0 Å². The summed E-state index contributed by atoms with van der Waals surface area (Å²) in [6, 6.07) is 34.9. The second kappa shape index (κ2) is 17.5. The number of hydrogen-bond donors (Lipinski definition) is 0. The molecule has 466 valence electrons. The molecule has 0 amide bonds. The fourth-order valence-corrected chi connectivity index (χ4v) is 23.2. The standard InChI is InChI=1S/C84H100BN3S2/c1-74(2,3)47-24-27-60-58(38-47)83(20)28-22-23-29-84(83,21)88(60)49-40-62-70-63(41-49)87-61-44-56-54(77(8,9)32-34-79(56,12)13)42-50(61)66-67-65(46-59-68(66)82(18,19)37-36-81(59,16)17)89-72(71(67)87)85(70)69-51-43-55-57(80(14,15)35-33-78(55,10)11)45-64(51)90-73(69)86(62)48-25-26-52-53(39-48)76(6,7)31-30-75(52,4)5/h24-27,38-46H,22-23,28-37H2,1-21H3. The lowest BCUT2D eigenvalue weighted by atomic mass is 9.36. The zero-order valence-corrected chi connectivity index (χ0v) is 60.4. The van der Waals surface area contributed by atoms with E-state index in [0.717, 1.165) is 6.42 Å². The Balaban J connectivity index is 1.06. The maximum Gasteiger partial charge on any atom is 0.266 e. The van der Waals surface area contributed by atoms with E-state index >= 15 is 0 Å². The third-order valence-electron chi connectivity index (χ3n) is 27.1. The van der Waals surface area contributed by atoms with Crippen molar-refractivity contribution in [3.05, 3.63) is 134 Å². The van der Waals surface area contributed by atoms with Gasteiger partial charge in [0, 0.05) is 59.0 Å². The van der Waals surface area contributed by atoms with Gasteiger partial charge in [0.05, 0.1) is 21.9 Å². The van der Waals surface area contributed by atoms with Gasteiger partial charge in [-0.2, -0.15) is 0 Å². The van der Waals surface area contributed by atoms with E-state index in [9.17, 15) is 0 Å². The van der Waals surface area contributed by atoms with Crippen LogP contribution < -0.4 is 30.4 Å². The summed E-state index contributed by atoms with van der Waals surface area (Å²) in [6.07, 6.45) is 14.4. The fourth-order valence-electron chi connectivity index (χ4n) is 20.5. The van der Waals surface area contributed by atoms with E-state index in [0.29, 0.717) is 0 Å². The molecule has 4 aliphatic heterocycles. The van der Waals surface area contributed by atoms with Gasteiger partial charge in [-0.05, 0) is 258 Å². The van der Waals surface area contributed by atoms with Gasteiger partial charge in [-0.3, -0.25) is 0 Å². The molecule has 0 radical (unpaired) electrons. The van der Waals surface area contributed by atoms with Crippen LogP contribution in [0.4, 0.5) is 44.8 Å². The molecule has 2 atom stereocenters. The molecule has 3 nitrogen and oxygen atoms in total. The summed E-state index contributed by atoms with van der Waals surface area (Å²) in [5, 5.41) is 4.39. The summed E-state index contributed by atoms with van der Waals surface area (Å²) in [5.74, 6) is 0. The van der Waals surface area contributed by atoms with Crippen LogP contribution in [0.2, 0.25) is 0 Å². The van der Waals surface area contributed by atoms with Crippen molar-refractivity contribution in [3.8, 4) is 11.1 Å². The number of nitrogens with zero attached hydrogens (tertiary/aromatic N) is 3. The molecule has 17 rings (SSSR count). The Morgan fingerprint density at radius 3 is 1.58 bits per heavy atom. The molecule has 6 heteroatoms. The van der Waals surface area contributed by atoms with Crippen LogP contribution in [0, 0.1) is 0 Å². The van der Waals surface area contributed by atoms with Crippen LogP contribution in [0.3, 0.4) is 0 Å². The molecule has 9 aliphatic rings. The van der Waals surface area contributed by atoms with Gasteiger partial charge in [0.1, 0.15) is 0 Å². The summed E-state index contributed by atoms with van der Waals surface area (Å²) in [7, 11) is 0. The normalized spacial score (nSPS) is 25.6. The molecule has 90 heavy (non-hydrogen) atoms. The van der Waals surface area contributed by atoms with Gasteiger partial charge in [0.25, 0.3) is 6.71 Å². The van der Waals surface area contributed by atoms with E-state index in [-0.39, 0.29) is 66.4 Å². The number of thiophene rings is 2. The van der Waals surface area contributed by atoms with Crippen molar-refractivity contribution >= 4 is 110 Å². The Kier molecular flexibility index (Phi) is 11.4. The average molecular weight is 1230 g/mol. The summed E-state index contributed by atoms with van der Waals surface area (Å²) in [5.41, 5.74) is 31.3. The maximum absolute atomic E-state index is 2.94.